The third kappa shape index (κ3) is 1.51. The maximum atomic E-state index is 4.63. The Kier molecular flexibility index (Phi) is 2.13. The summed E-state index contributed by atoms with van der Waals surface area (Å²) in [4.78, 5) is 7.09. The van der Waals surface area contributed by atoms with E-state index in [-0.39, 0.29) is 0 Å². The first-order chi connectivity index (χ1) is 7.34. The molecule has 1 fully saturated rings. The minimum atomic E-state index is 1.16. The van der Waals surface area contributed by atoms with Gasteiger partial charge in [-0.05, 0) is 31.9 Å². The number of anilines is 1. The van der Waals surface area contributed by atoms with Crippen LogP contribution in [0.1, 0.15) is 17.8 Å². The summed E-state index contributed by atoms with van der Waals surface area (Å²) in [6, 6.07) is 6.51. The first-order valence-electron chi connectivity index (χ1n) is 5.46. The molecule has 1 aliphatic rings. The van der Waals surface area contributed by atoms with Gasteiger partial charge in [-0.25, -0.2) is 4.98 Å². The van der Waals surface area contributed by atoms with E-state index in [0.29, 0.717) is 0 Å². The molecule has 0 unspecified atom stereocenters. The lowest BCUT2D eigenvalue weighted by Crippen LogP contribution is -2.17. The average molecular weight is 218 g/mol. The quantitative estimate of drug-likeness (QED) is 0.730. The molecule has 1 aromatic carbocycles. The molecular weight excluding hydrogens is 204 g/mol. The molecule has 3 rings (SSSR count). The Bertz CT molecular complexity index is 483. The van der Waals surface area contributed by atoms with Gasteiger partial charge < -0.3 is 4.90 Å². The van der Waals surface area contributed by atoms with Crippen molar-refractivity contribution >= 4 is 27.2 Å². The number of benzene rings is 1. The maximum absolute atomic E-state index is 4.63. The predicted octanol–water partition coefficient (Wildman–Crippen LogP) is 3.20. The van der Waals surface area contributed by atoms with Crippen LogP contribution in [0.15, 0.2) is 18.2 Å². The highest BCUT2D eigenvalue weighted by atomic mass is 32.1. The van der Waals surface area contributed by atoms with Crippen molar-refractivity contribution in [3.05, 3.63) is 23.2 Å². The lowest BCUT2D eigenvalue weighted by atomic mass is 10.2. The van der Waals surface area contributed by atoms with E-state index in [1.54, 1.807) is 11.3 Å². The van der Waals surface area contributed by atoms with Crippen LogP contribution in [-0.2, 0) is 0 Å². The van der Waals surface area contributed by atoms with Gasteiger partial charge in [-0.2, -0.15) is 0 Å². The van der Waals surface area contributed by atoms with Crippen LogP contribution in [0, 0.1) is 6.92 Å². The highest BCUT2D eigenvalue weighted by molar-refractivity contribution is 7.18. The van der Waals surface area contributed by atoms with Crippen LogP contribution in [0.25, 0.3) is 10.2 Å². The Morgan fingerprint density at radius 1 is 1.27 bits per heavy atom. The van der Waals surface area contributed by atoms with Gasteiger partial charge in [0.25, 0.3) is 0 Å². The van der Waals surface area contributed by atoms with Gasteiger partial charge in [-0.1, -0.05) is 6.07 Å². The summed E-state index contributed by atoms with van der Waals surface area (Å²) in [6.07, 6.45) is 2.64. The number of thiazole rings is 1. The second kappa shape index (κ2) is 3.49. The third-order valence-corrected chi connectivity index (χ3v) is 3.89. The monoisotopic (exact) mass is 218 g/mol. The Morgan fingerprint density at radius 3 is 2.87 bits per heavy atom. The van der Waals surface area contributed by atoms with Crippen LogP contribution in [0.2, 0.25) is 0 Å². The number of rotatable bonds is 1. The second-order valence-corrected chi connectivity index (χ2v) is 5.29. The van der Waals surface area contributed by atoms with Gasteiger partial charge >= 0.3 is 0 Å². The number of hydrogen-bond acceptors (Lipinski definition) is 3. The van der Waals surface area contributed by atoms with Crippen LogP contribution in [0.4, 0.5) is 5.69 Å². The summed E-state index contributed by atoms with van der Waals surface area (Å²) >= 11 is 1.79. The van der Waals surface area contributed by atoms with E-state index in [9.17, 15) is 0 Å². The van der Waals surface area contributed by atoms with Gasteiger partial charge in [0.05, 0.1) is 15.4 Å². The summed E-state index contributed by atoms with van der Waals surface area (Å²) in [5.41, 5.74) is 2.52. The number of fused-ring (bicyclic) bond motifs is 1. The largest absolute Gasteiger partial charge is 0.370 e. The fourth-order valence-electron chi connectivity index (χ4n) is 2.26. The minimum absolute atomic E-state index is 1.16. The zero-order chi connectivity index (χ0) is 10.3. The first-order valence-corrected chi connectivity index (χ1v) is 6.27. The average Bonchev–Trinajstić information content (AvgIpc) is 2.82. The first kappa shape index (κ1) is 9.16. The van der Waals surface area contributed by atoms with Gasteiger partial charge in [-0.3, -0.25) is 0 Å². The lowest BCUT2D eigenvalue weighted by Gasteiger charge is -2.17. The second-order valence-electron chi connectivity index (χ2n) is 4.05. The molecule has 78 valence electrons. The molecule has 0 saturated carbocycles. The molecule has 0 bridgehead atoms. The molecule has 0 radical (unpaired) electrons. The standard InChI is InChI=1S/C12H14N2S/c1-9-13-12-10(14-7-2-3-8-14)5-4-6-11(12)15-9/h4-6H,2-3,7-8H2,1H3. The predicted molar refractivity (Wildman–Crippen MR) is 65.8 cm³/mol. The molecule has 1 aliphatic heterocycles. The molecule has 3 heteroatoms. The van der Waals surface area contributed by atoms with E-state index in [1.165, 1.54) is 41.8 Å². The topological polar surface area (TPSA) is 16.1 Å². The highest BCUT2D eigenvalue weighted by Crippen LogP contribution is 2.31. The minimum Gasteiger partial charge on any atom is -0.370 e. The fourth-order valence-corrected chi connectivity index (χ4v) is 3.11. The SMILES string of the molecule is Cc1nc2c(N3CCCC3)cccc2s1. The molecule has 0 spiro atoms. The van der Waals surface area contributed by atoms with Crippen molar-refractivity contribution in [2.75, 3.05) is 18.0 Å². The van der Waals surface area contributed by atoms with Crippen LogP contribution in [0.5, 0.6) is 0 Å². The zero-order valence-electron chi connectivity index (χ0n) is 8.86. The van der Waals surface area contributed by atoms with Crippen molar-refractivity contribution in [3.8, 4) is 0 Å². The summed E-state index contributed by atoms with van der Waals surface area (Å²) in [6.45, 7) is 4.46. The van der Waals surface area contributed by atoms with Crippen LogP contribution >= 0.6 is 11.3 Å². The third-order valence-electron chi connectivity index (χ3n) is 2.95. The number of hydrogen-bond donors (Lipinski definition) is 0. The van der Waals surface area contributed by atoms with E-state index in [2.05, 4.69) is 35.0 Å². The molecule has 0 amide bonds. The summed E-state index contributed by atoms with van der Waals surface area (Å²) in [5, 5.41) is 1.16. The van der Waals surface area contributed by atoms with Crippen molar-refractivity contribution in [2.24, 2.45) is 0 Å². The molecule has 1 saturated heterocycles. The summed E-state index contributed by atoms with van der Waals surface area (Å²) < 4.78 is 1.32. The van der Waals surface area contributed by atoms with Crippen molar-refractivity contribution in [2.45, 2.75) is 19.8 Å². The number of nitrogens with zero attached hydrogens (tertiary/aromatic N) is 2. The van der Waals surface area contributed by atoms with E-state index >= 15 is 0 Å². The van der Waals surface area contributed by atoms with Crippen molar-refractivity contribution in [1.82, 2.24) is 4.98 Å². The Balaban J connectivity index is 2.16. The molecule has 1 aromatic heterocycles. The van der Waals surface area contributed by atoms with Crippen molar-refractivity contribution in [3.63, 3.8) is 0 Å². The summed E-state index contributed by atoms with van der Waals surface area (Å²) in [7, 11) is 0. The molecule has 0 N–H and O–H groups in total. The van der Waals surface area contributed by atoms with E-state index in [0.717, 1.165) is 5.01 Å². The smallest absolute Gasteiger partial charge is 0.105 e. The normalized spacial score (nSPS) is 16.5. The number of aromatic nitrogens is 1. The number of para-hydroxylation sites is 1. The lowest BCUT2D eigenvalue weighted by molar-refractivity contribution is 0.949. The van der Waals surface area contributed by atoms with Gasteiger partial charge in [0, 0.05) is 13.1 Å². The highest BCUT2D eigenvalue weighted by Gasteiger charge is 2.16. The number of aryl methyl sites for hydroxylation is 1. The molecule has 2 nitrogen and oxygen atoms in total. The van der Waals surface area contributed by atoms with Crippen LogP contribution in [-0.4, -0.2) is 18.1 Å². The molecular formula is C12H14N2S. The van der Waals surface area contributed by atoms with Crippen LogP contribution in [0.3, 0.4) is 0 Å². The van der Waals surface area contributed by atoms with E-state index < -0.39 is 0 Å². The Labute approximate surface area is 93.6 Å². The van der Waals surface area contributed by atoms with Crippen molar-refractivity contribution in [1.29, 1.82) is 0 Å². The molecule has 2 aromatic rings. The van der Waals surface area contributed by atoms with Gasteiger partial charge in [0.1, 0.15) is 5.52 Å². The van der Waals surface area contributed by atoms with Gasteiger partial charge in [0.15, 0.2) is 0 Å². The Hall–Kier alpha value is -1.09. The molecule has 2 heterocycles. The molecule has 15 heavy (non-hydrogen) atoms. The Morgan fingerprint density at radius 2 is 2.07 bits per heavy atom. The summed E-state index contributed by atoms with van der Waals surface area (Å²) in [5.74, 6) is 0. The molecule has 0 atom stereocenters. The van der Waals surface area contributed by atoms with Crippen LogP contribution < -0.4 is 4.90 Å². The maximum Gasteiger partial charge on any atom is 0.105 e. The van der Waals surface area contributed by atoms with E-state index in [4.69, 9.17) is 0 Å². The van der Waals surface area contributed by atoms with Gasteiger partial charge in [-0.15, -0.1) is 11.3 Å². The van der Waals surface area contributed by atoms with Gasteiger partial charge in [0.2, 0.25) is 0 Å². The molecule has 0 aliphatic carbocycles. The fraction of sp³-hybridized carbons (Fsp3) is 0.417. The van der Waals surface area contributed by atoms with E-state index in [1.807, 2.05) is 0 Å². The van der Waals surface area contributed by atoms with Crippen molar-refractivity contribution < 1.29 is 0 Å². The zero-order valence-corrected chi connectivity index (χ0v) is 9.68.